The molecule has 1 aromatic heterocycles. The van der Waals surface area contributed by atoms with Gasteiger partial charge in [0.1, 0.15) is 6.04 Å². The number of aryl methyl sites for hydroxylation is 1. The van der Waals surface area contributed by atoms with Gasteiger partial charge in [0.05, 0.1) is 14.9 Å². The summed E-state index contributed by atoms with van der Waals surface area (Å²) in [6.45, 7) is 2.19. The van der Waals surface area contributed by atoms with E-state index in [2.05, 4.69) is 10.6 Å². The first-order valence-electron chi connectivity index (χ1n) is 7.53. The van der Waals surface area contributed by atoms with Crippen molar-refractivity contribution in [1.82, 2.24) is 10.6 Å². The highest BCUT2D eigenvalue weighted by Crippen LogP contribution is 2.23. The second-order valence-electron chi connectivity index (χ2n) is 5.32. The standard InChI is InChI=1S/C17H18Cl2N2O2S/c1-11(21-17(23)15-5-3-9-24-15)16(22)20-8-2-4-12-6-7-13(18)14(19)10-12/h3,5-7,9-11H,2,4,8H2,1H3,(H,20,22)(H,21,23). The van der Waals surface area contributed by atoms with Gasteiger partial charge in [-0.2, -0.15) is 0 Å². The molecule has 0 aliphatic carbocycles. The van der Waals surface area contributed by atoms with E-state index >= 15 is 0 Å². The molecular weight excluding hydrogens is 367 g/mol. The monoisotopic (exact) mass is 384 g/mol. The highest BCUT2D eigenvalue weighted by Gasteiger charge is 2.16. The van der Waals surface area contributed by atoms with Gasteiger partial charge in [-0.05, 0) is 48.9 Å². The molecule has 7 heteroatoms. The number of hydrogen-bond acceptors (Lipinski definition) is 3. The molecule has 1 aromatic carbocycles. The summed E-state index contributed by atoms with van der Waals surface area (Å²) in [6, 6.07) is 8.45. The zero-order valence-electron chi connectivity index (χ0n) is 13.1. The molecule has 2 N–H and O–H groups in total. The molecule has 0 saturated heterocycles. The zero-order chi connectivity index (χ0) is 17.5. The predicted octanol–water partition coefficient (Wildman–Crippen LogP) is 3.92. The van der Waals surface area contributed by atoms with E-state index < -0.39 is 6.04 Å². The fraction of sp³-hybridized carbons (Fsp3) is 0.294. The maximum atomic E-state index is 12.0. The summed E-state index contributed by atoms with van der Waals surface area (Å²) in [4.78, 5) is 24.5. The van der Waals surface area contributed by atoms with Crippen molar-refractivity contribution in [3.63, 3.8) is 0 Å². The average Bonchev–Trinajstić information content (AvgIpc) is 3.09. The number of nitrogens with one attached hydrogen (secondary N) is 2. The molecule has 0 radical (unpaired) electrons. The minimum Gasteiger partial charge on any atom is -0.354 e. The fourth-order valence-corrected chi connectivity index (χ4v) is 3.04. The van der Waals surface area contributed by atoms with E-state index in [1.165, 1.54) is 11.3 Å². The topological polar surface area (TPSA) is 58.2 Å². The lowest BCUT2D eigenvalue weighted by Gasteiger charge is -2.13. The van der Waals surface area contributed by atoms with Gasteiger partial charge >= 0.3 is 0 Å². The SMILES string of the molecule is CC(NC(=O)c1cccs1)C(=O)NCCCc1ccc(Cl)c(Cl)c1. The van der Waals surface area contributed by atoms with Crippen LogP contribution in [0.15, 0.2) is 35.7 Å². The molecule has 0 saturated carbocycles. The van der Waals surface area contributed by atoms with E-state index in [0.717, 1.165) is 18.4 Å². The van der Waals surface area contributed by atoms with Gasteiger partial charge in [-0.25, -0.2) is 0 Å². The van der Waals surface area contributed by atoms with Crippen LogP contribution in [0.1, 0.15) is 28.6 Å². The van der Waals surface area contributed by atoms with E-state index in [1.54, 1.807) is 25.1 Å². The Morgan fingerprint density at radius 3 is 2.67 bits per heavy atom. The second kappa shape index (κ2) is 9.06. The predicted molar refractivity (Wildman–Crippen MR) is 99.0 cm³/mol. The number of rotatable bonds is 7. The molecule has 1 unspecified atom stereocenters. The lowest BCUT2D eigenvalue weighted by molar-refractivity contribution is -0.122. The Morgan fingerprint density at radius 2 is 2.00 bits per heavy atom. The molecule has 4 nitrogen and oxygen atoms in total. The molecule has 0 aliphatic heterocycles. The van der Waals surface area contributed by atoms with Crippen LogP contribution >= 0.6 is 34.5 Å². The van der Waals surface area contributed by atoms with Crippen molar-refractivity contribution in [1.29, 1.82) is 0 Å². The number of hydrogen-bond donors (Lipinski definition) is 2. The second-order valence-corrected chi connectivity index (χ2v) is 7.08. The first kappa shape index (κ1) is 18.8. The zero-order valence-corrected chi connectivity index (χ0v) is 15.5. The maximum Gasteiger partial charge on any atom is 0.261 e. The number of halogens is 2. The molecule has 2 aromatic rings. The Kier molecular flexibility index (Phi) is 7.09. The van der Waals surface area contributed by atoms with Crippen LogP contribution in [-0.2, 0) is 11.2 Å². The Balaban J connectivity index is 1.70. The van der Waals surface area contributed by atoms with E-state index in [-0.39, 0.29) is 11.8 Å². The lowest BCUT2D eigenvalue weighted by atomic mass is 10.1. The smallest absolute Gasteiger partial charge is 0.261 e. The Morgan fingerprint density at radius 1 is 1.21 bits per heavy atom. The maximum absolute atomic E-state index is 12.0. The highest BCUT2D eigenvalue weighted by atomic mass is 35.5. The van der Waals surface area contributed by atoms with Crippen LogP contribution in [0.25, 0.3) is 0 Å². The number of carbonyl (C=O) groups excluding carboxylic acids is 2. The van der Waals surface area contributed by atoms with Gasteiger partial charge in [-0.3, -0.25) is 9.59 Å². The third kappa shape index (κ3) is 5.51. The van der Waals surface area contributed by atoms with E-state index in [0.29, 0.717) is 21.5 Å². The fourth-order valence-electron chi connectivity index (χ4n) is 2.09. The molecule has 0 aliphatic rings. The molecule has 2 amide bonds. The van der Waals surface area contributed by atoms with Gasteiger partial charge in [0.25, 0.3) is 5.91 Å². The number of carbonyl (C=O) groups is 2. The largest absolute Gasteiger partial charge is 0.354 e. The van der Waals surface area contributed by atoms with Gasteiger partial charge in [-0.1, -0.05) is 35.3 Å². The Labute approximate surface area is 155 Å². The van der Waals surface area contributed by atoms with E-state index in [1.807, 2.05) is 17.5 Å². The first-order valence-corrected chi connectivity index (χ1v) is 9.17. The van der Waals surface area contributed by atoms with Gasteiger partial charge < -0.3 is 10.6 Å². The van der Waals surface area contributed by atoms with Crippen LogP contribution in [0.4, 0.5) is 0 Å². The van der Waals surface area contributed by atoms with Crippen LogP contribution in [0.5, 0.6) is 0 Å². The summed E-state index contributed by atoms with van der Waals surface area (Å²) in [5.41, 5.74) is 1.07. The molecule has 0 spiro atoms. The summed E-state index contributed by atoms with van der Waals surface area (Å²) in [5, 5.41) is 8.39. The minimum absolute atomic E-state index is 0.200. The Bertz CT molecular complexity index is 705. The molecule has 0 fully saturated rings. The third-order valence-corrected chi connectivity index (χ3v) is 5.02. The van der Waals surface area contributed by atoms with Gasteiger partial charge in [0.2, 0.25) is 5.91 Å². The minimum atomic E-state index is -0.579. The van der Waals surface area contributed by atoms with Gasteiger partial charge in [-0.15, -0.1) is 11.3 Å². The summed E-state index contributed by atoms with van der Waals surface area (Å²) < 4.78 is 0. The van der Waals surface area contributed by atoms with Crippen molar-refractivity contribution in [3.8, 4) is 0 Å². The van der Waals surface area contributed by atoms with E-state index in [4.69, 9.17) is 23.2 Å². The molecule has 24 heavy (non-hydrogen) atoms. The lowest BCUT2D eigenvalue weighted by Crippen LogP contribution is -2.44. The number of thiophene rings is 1. The average molecular weight is 385 g/mol. The molecule has 2 rings (SSSR count). The Hall–Kier alpha value is -1.56. The van der Waals surface area contributed by atoms with Gasteiger partial charge in [0.15, 0.2) is 0 Å². The van der Waals surface area contributed by atoms with Crippen molar-refractivity contribution in [2.75, 3.05) is 6.54 Å². The summed E-state index contributed by atoms with van der Waals surface area (Å²) in [7, 11) is 0. The quantitative estimate of drug-likeness (QED) is 0.710. The van der Waals surface area contributed by atoms with Crippen LogP contribution < -0.4 is 10.6 Å². The molecule has 1 heterocycles. The summed E-state index contributed by atoms with van der Waals surface area (Å²) in [5.74, 6) is -0.433. The van der Waals surface area contributed by atoms with Crippen molar-refractivity contribution in [3.05, 3.63) is 56.2 Å². The molecular formula is C17H18Cl2N2O2S. The third-order valence-electron chi connectivity index (χ3n) is 3.41. The molecule has 1 atom stereocenters. The summed E-state index contributed by atoms with van der Waals surface area (Å²) >= 11 is 13.2. The summed E-state index contributed by atoms with van der Waals surface area (Å²) in [6.07, 6.45) is 1.56. The first-order chi connectivity index (χ1) is 11.5. The van der Waals surface area contributed by atoms with Crippen molar-refractivity contribution < 1.29 is 9.59 Å². The van der Waals surface area contributed by atoms with Crippen molar-refractivity contribution in [2.45, 2.75) is 25.8 Å². The van der Waals surface area contributed by atoms with Crippen molar-refractivity contribution >= 4 is 46.4 Å². The van der Waals surface area contributed by atoms with Gasteiger partial charge in [0, 0.05) is 6.54 Å². The van der Waals surface area contributed by atoms with Crippen LogP contribution in [0.2, 0.25) is 10.0 Å². The van der Waals surface area contributed by atoms with Crippen LogP contribution in [-0.4, -0.2) is 24.4 Å². The number of amides is 2. The van der Waals surface area contributed by atoms with Crippen LogP contribution in [0.3, 0.4) is 0 Å². The molecule has 128 valence electrons. The number of benzene rings is 1. The van der Waals surface area contributed by atoms with E-state index in [9.17, 15) is 9.59 Å². The highest BCUT2D eigenvalue weighted by molar-refractivity contribution is 7.12. The normalized spacial score (nSPS) is 11.8. The van der Waals surface area contributed by atoms with Crippen LogP contribution in [0, 0.1) is 0 Å². The molecule has 0 bridgehead atoms. The van der Waals surface area contributed by atoms with Crippen molar-refractivity contribution in [2.24, 2.45) is 0 Å².